The summed E-state index contributed by atoms with van der Waals surface area (Å²) in [6.45, 7) is 11.0. The predicted molar refractivity (Wildman–Crippen MR) is 51.9 cm³/mol. The van der Waals surface area contributed by atoms with Gasteiger partial charge >= 0.3 is 0 Å². The molecule has 0 radical (unpaired) electrons. The number of rotatable bonds is 3. The highest BCUT2D eigenvalue weighted by molar-refractivity contribution is 5.11. The van der Waals surface area contributed by atoms with E-state index in [2.05, 4.69) is 27.4 Å². The topological polar surface area (TPSA) is 20.2 Å². The molecule has 1 rings (SSSR count). The zero-order chi connectivity index (χ0) is 9.35. The van der Waals surface area contributed by atoms with Crippen LogP contribution >= 0.6 is 0 Å². The second kappa shape index (κ2) is 3.21. The molecule has 2 atom stereocenters. The standard InChI is InChI=1S/C11H20O/c1-8(2)10-7-9(5-6-12)11(10,3)4/h9-10,12H,1,5-7H2,2-4H3/t9-,10-/m1/s1. The Labute approximate surface area is 75.5 Å². The van der Waals surface area contributed by atoms with Gasteiger partial charge in [-0.3, -0.25) is 0 Å². The van der Waals surface area contributed by atoms with Crippen LogP contribution in [0, 0.1) is 17.3 Å². The van der Waals surface area contributed by atoms with Crippen molar-refractivity contribution in [3.63, 3.8) is 0 Å². The lowest BCUT2D eigenvalue weighted by molar-refractivity contribution is -0.0110. The Hall–Kier alpha value is -0.300. The van der Waals surface area contributed by atoms with Gasteiger partial charge in [-0.2, -0.15) is 0 Å². The van der Waals surface area contributed by atoms with Crippen molar-refractivity contribution in [1.29, 1.82) is 0 Å². The molecule has 12 heavy (non-hydrogen) atoms. The van der Waals surface area contributed by atoms with Gasteiger partial charge in [-0.1, -0.05) is 26.0 Å². The van der Waals surface area contributed by atoms with Gasteiger partial charge in [-0.15, -0.1) is 0 Å². The van der Waals surface area contributed by atoms with Crippen molar-refractivity contribution < 1.29 is 5.11 Å². The van der Waals surface area contributed by atoms with E-state index >= 15 is 0 Å². The van der Waals surface area contributed by atoms with Gasteiger partial charge in [-0.05, 0) is 37.0 Å². The Bertz CT molecular complexity index is 181. The average molecular weight is 168 g/mol. The third kappa shape index (κ3) is 1.42. The molecule has 1 aliphatic carbocycles. The SMILES string of the molecule is C=C(C)[C@H]1C[C@@H](CCO)C1(C)C. The molecular weight excluding hydrogens is 148 g/mol. The second-order valence-electron chi connectivity index (χ2n) is 4.67. The third-order valence-electron chi connectivity index (χ3n) is 3.54. The zero-order valence-corrected chi connectivity index (χ0v) is 8.43. The van der Waals surface area contributed by atoms with Crippen LogP contribution in [0.4, 0.5) is 0 Å². The van der Waals surface area contributed by atoms with E-state index < -0.39 is 0 Å². The van der Waals surface area contributed by atoms with E-state index in [9.17, 15) is 0 Å². The first-order chi connectivity index (χ1) is 5.50. The van der Waals surface area contributed by atoms with E-state index in [1.807, 2.05) is 0 Å². The van der Waals surface area contributed by atoms with E-state index in [1.54, 1.807) is 0 Å². The lowest BCUT2D eigenvalue weighted by Gasteiger charge is -2.53. The van der Waals surface area contributed by atoms with Crippen LogP contribution in [0.1, 0.15) is 33.6 Å². The van der Waals surface area contributed by atoms with Crippen LogP contribution in [0.25, 0.3) is 0 Å². The molecule has 0 saturated heterocycles. The minimum Gasteiger partial charge on any atom is -0.396 e. The van der Waals surface area contributed by atoms with Gasteiger partial charge < -0.3 is 5.11 Å². The highest BCUT2D eigenvalue weighted by atomic mass is 16.3. The number of aliphatic hydroxyl groups excluding tert-OH is 1. The number of hydrogen-bond donors (Lipinski definition) is 1. The summed E-state index contributed by atoms with van der Waals surface area (Å²) in [5.41, 5.74) is 1.67. The predicted octanol–water partition coefficient (Wildman–Crippen LogP) is 2.61. The maximum Gasteiger partial charge on any atom is 0.0433 e. The summed E-state index contributed by atoms with van der Waals surface area (Å²) in [4.78, 5) is 0. The monoisotopic (exact) mass is 168 g/mol. The largest absolute Gasteiger partial charge is 0.396 e. The maximum absolute atomic E-state index is 8.84. The highest BCUT2D eigenvalue weighted by Crippen LogP contribution is 2.55. The summed E-state index contributed by atoms with van der Waals surface area (Å²) in [6, 6.07) is 0. The summed E-state index contributed by atoms with van der Waals surface area (Å²) >= 11 is 0. The smallest absolute Gasteiger partial charge is 0.0433 e. The number of aliphatic hydroxyl groups is 1. The Morgan fingerprint density at radius 3 is 2.50 bits per heavy atom. The Morgan fingerprint density at radius 1 is 1.58 bits per heavy atom. The highest BCUT2D eigenvalue weighted by Gasteiger charge is 2.47. The van der Waals surface area contributed by atoms with Crippen LogP contribution in [-0.2, 0) is 0 Å². The van der Waals surface area contributed by atoms with Gasteiger partial charge in [0, 0.05) is 6.61 Å². The molecule has 70 valence electrons. The van der Waals surface area contributed by atoms with Crippen molar-refractivity contribution in [3.8, 4) is 0 Å². The molecule has 1 saturated carbocycles. The van der Waals surface area contributed by atoms with Crippen molar-refractivity contribution in [2.45, 2.75) is 33.6 Å². The number of allylic oxidation sites excluding steroid dienone is 1. The number of hydrogen-bond acceptors (Lipinski definition) is 1. The van der Waals surface area contributed by atoms with Gasteiger partial charge in [0.2, 0.25) is 0 Å². The van der Waals surface area contributed by atoms with Gasteiger partial charge in [0.15, 0.2) is 0 Å². The second-order valence-corrected chi connectivity index (χ2v) is 4.67. The van der Waals surface area contributed by atoms with Crippen LogP contribution in [0.15, 0.2) is 12.2 Å². The molecule has 0 aromatic rings. The van der Waals surface area contributed by atoms with Gasteiger partial charge in [0.05, 0.1) is 0 Å². The Kier molecular flexibility index (Phi) is 2.62. The molecule has 0 heterocycles. The minimum absolute atomic E-state index is 0.330. The van der Waals surface area contributed by atoms with Gasteiger partial charge in [0.1, 0.15) is 0 Å². The fourth-order valence-electron chi connectivity index (χ4n) is 2.50. The maximum atomic E-state index is 8.84. The molecule has 1 nitrogen and oxygen atoms in total. The Balaban J connectivity index is 2.53. The molecule has 0 unspecified atom stereocenters. The van der Waals surface area contributed by atoms with E-state index in [-0.39, 0.29) is 0 Å². The van der Waals surface area contributed by atoms with Crippen LogP contribution in [0.3, 0.4) is 0 Å². The molecule has 0 spiro atoms. The fourth-order valence-corrected chi connectivity index (χ4v) is 2.50. The first kappa shape index (κ1) is 9.79. The molecule has 0 aromatic heterocycles. The molecular formula is C11H20O. The lowest BCUT2D eigenvalue weighted by atomic mass is 9.52. The van der Waals surface area contributed by atoms with Crippen molar-refractivity contribution in [3.05, 3.63) is 12.2 Å². The van der Waals surface area contributed by atoms with E-state index in [0.717, 1.165) is 6.42 Å². The molecule has 1 aliphatic rings. The van der Waals surface area contributed by atoms with Gasteiger partial charge in [0.25, 0.3) is 0 Å². The zero-order valence-electron chi connectivity index (χ0n) is 8.43. The minimum atomic E-state index is 0.330. The summed E-state index contributed by atoms with van der Waals surface area (Å²) in [5, 5.41) is 8.84. The molecule has 0 bridgehead atoms. The summed E-state index contributed by atoms with van der Waals surface area (Å²) in [5.74, 6) is 1.37. The van der Waals surface area contributed by atoms with Crippen LogP contribution in [-0.4, -0.2) is 11.7 Å². The third-order valence-corrected chi connectivity index (χ3v) is 3.54. The molecule has 1 heteroatoms. The van der Waals surface area contributed by atoms with Crippen molar-refractivity contribution in [1.82, 2.24) is 0 Å². The normalized spacial score (nSPS) is 32.7. The van der Waals surface area contributed by atoms with Crippen molar-refractivity contribution in [2.75, 3.05) is 6.61 Å². The molecule has 1 N–H and O–H groups in total. The Morgan fingerprint density at radius 2 is 2.17 bits per heavy atom. The molecule has 0 aromatic carbocycles. The summed E-state index contributed by atoms with van der Waals surface area (Å²) in [6.07, 6.45) is 2.18. The van der Waals surface area contributed by atoms with Crippen LogP contribution in [0.5, 0.6) is 0 Å². The van der Waals surface area contributed by atoms with Crippen LogP contribution in [0.2, 0.25) is 0 Å². The quantitative estimate of drug-likeness (QED) is 0.642. The van der Waals surface area contributed by atoms with Gasteiger partial charge in [-0.25, -0.2) is 0 Å². The summed E-state index contributed by atoms with van der Waals surface area (Å²) < 4.78 is 0. The first-order valence-corrected chi connectivity index (χ1v) is 4.76. The summed E-state index contributed by atoms with van der Waals surface area (Å²) in [7, 11) is 0. The van der Waals surface area contributed by atoms with E-state index in [1.165, 1.54) is 12.0 Å². The molecule has 0 amide bonds. The van der Waals surface area contributed by atoms with Crippen LogP contribution < -0.4 is 0 Å². The lowest BCUT2D eigenvalue weighted by Crippen LogP contribution is -2.45. The fraction of sp³-hybridized carbons (Fsp3) is 0.818. The van der Waals surface area contributed by atoms with Crippen molar-refractivity contribution >= 4 is 0 Å². The molecule has 1 fully saturated rings. The van der Waals surface area contributed by atoms with E-state index in [4.69, 9.17) is 5.11 Å². The van der Waals surface area contributed by atoms with E-state index in [0.29, 0.717) is 23.9 Å². The average Bonchev–Trinajstić information content (AvgIpc) is 1.96. The van der Waals surface area contributed by atoms with Crippen molar-refractivity contribution in [2.24, 2.45) is 17.3 Å². The molecule has 0 aliphatic heterocycles. The first-order valence-electron chi connectivity index (χ1n) is 4.76.